The summed E-state index contributed by atoms with van der Waals surface area (Å²) in [5.41, 5.74) is 3.48. The number of benzene rings is 2. The number of ether oxygens (including phenoxy) is 1. The van der Waals surface area contributed by atoms with Crippen LogP contribution in [0.15, 0.2) is 54.3 Å². The molecule has 2 unspecified atom stereocenters. The first-order valence-electron chi connectivity index (χ1n) is 11.2. The van der Waals surface area contributed by atoms with Gasteiger partial charge >= 0.3 is 6.09 Å². The van der Waals surface area contributed by atoms with Crippen LogP contribution in [0.5, 0.6) is 0 Å². The summed E-state index contributed by atoms with van der Waals surface area (Å²) >= 11 is 0. The van der Waals surface area contributed by atoms with E-state index in [1.165, 1.54) is 0 Å². The second-order valence-electron chi connectivity index (χ2n) is 8.90. The summed E-state index contributed by atoms with van der Waals surface area (Å²) in [6, 6.07) is 15.6. The van der Waals surface area contributed by atoms with Crippen LogP contribution in [0.4, 0.5) is 10.5 Å². The molecule has 8 nitrogen and oxygen atoms in total. The first-order chi connectivity index (χ1) is 15.9. The summed E-state index contributed by atoms with van der Waals surface area (Å²) in [5, 5.41) is 15.0. The predicted molar refractivity (Wildman–Crippen MR) is 124 cm³/mol. The van der Waals surface area contributed by atoms with E-state index in [1.807, 2.05) is 56.4 Å². The van der Waals surface area contributed by atoms with Crippen LogP contribution in [0.3, 0.4) is 0 Å². The Hall–Kier alpha value is -3.52. The van der Waals surface area contributed by atoms with Crippen LogP contribution in [0, 0.1) is 0 Å². The number of carbonyl (C=O) groups is 2. The summed E-state index contributed by atoms with van der Waals surface area (Å²) < 4.78 is 5.73. The zero-order chi connectivity index (χ0) is 23.2. The topological polar surface area (TPSA) is 94.1 Å². The molecule has 2 atom stereocenters. The molecule has 0 radical (unpaired) electrons. The Balaban J connectivity index is 1.67. The number of likely N-dealkylation sites (tertiary alicyclic amines) is 1. The maximum Gasteiger partial charge on any atom is 0.404 e. The summed E-state index contributed by atoms with van der Waals surface area (Å²) in [6.07, 6.45) is 0.500. The molecule has 3 aliphatic heterocycles. The minimum absolute atomic E-state index is 0.112. The third-order valence-electron chi connectivity index (χ3n) is 6.86. The molecule has 33 heavy (non-hydrogen) atoms. The highest BCUT2D eigenvalue weighted by molar-refractivity contribution is 6.08. The first kappa shape index (κ1) is 21.3. The molecule has 3 N–H and O–H groups in total. The normalized spacial score (nSPS) is 25.0. The molecule has 0 saturated carbocycles. The van der Waals surface area contributed by atoms with Gasteiger partial charge in [0, 0.05) is 36.4 Å². The van der Waals surface area contributed by atoms with Gasteiger partial charge in [0.2, 0.25) is 0 Å². The molecule has 2 aromatic rings. The van der Waals surface area contributed by atoms with E-state index in [2.05, 4.69) is 26.5 Å². The van der Waals surface area contributed by atoms with Crippen LogP contribution in [0.1, 0.15) is 36.5 Å². The Morgan fingerprint density at radius 2 is 2.03 bits per heavy atom. The van der Waals surface area contributed by atoms with Crippen molar-refractivity contribution in [1.82, 2.24) is 15.1 Å². The van der Waals surface area contributed by atoms with E-state index in [0.717, 1.165) is 46.7 Å². The van der Waals surface area contributed by atoms with Crippen LogP contribution < -0.4 is 10.6 Å². The van der Waals surface area contributed by atoms with Gasteiger partial charge < -0.3 is 25.4 Å². The van der Waals surface area contributed by atoms with Crippen LogP contribution in [0.25, 0.3) is 5.70 Å². The predicted octanol–water partition coefficient (Wildman–Crippen LogP) is 3.22. The Morgan fingerprint density at radius 1 is 1.24 bits per heavy atom. The highest BCUT2D eigenvalue weighted by atomic mass is 16.5. The number of anilines is 1. The highest BCUT2D eigenvalue weighted by Gasteiger charge is 2.53. The molecule has 1 fully saturated rings. The fourth-order valence-electron chi connectivity index (χ4n) is 5.49. The molecule has 3 aliphatic rings. The van der Waals surface area contributed by atoms with Crippen LogP contribution in [0.2, 0.25) is 0 Å². The quantitative estimate of drug-likeness (QED) is 0.665. The average Bonchev–Trinajstić information content (AvgIpc) is 3.29. The Morgan fingerprint density at radius 3 is 2.73 bits per heavy atom. The number of hydrogen-bond donors (Lipinski definition) is 3. The number of rotatable bonds is 4. The monoisotopic (exact) mass is 448 g/mol. The summed E-state index contributed by atoms with van der Waals surface area (Å²) in [6.45, 7) is 3.58. The van der Waals surface area contributed by atoms with Gasteiger partial charge in [-0.05, 0) is 44.0 Å². The highest BCUT2D eigenvalue weighted by Crippen LogP contribution is 2.47. The lowest BCUT2D eigenvalue weighted by Crippen LogP contribution is -2.58. The summed E-state index contributed by atoms with van der Waals surface area (Å²) in [5.74, 6) is 0.738. The molecule has 2 amide bonds. The van der Waals surface area contributed by atoms with E-state index in [1.54, 1.807) is 0 Å². The Bertz CT molecular complexity index is 1130. The largest absolute Gasteiger partial charge is 0.476 e. The number of allylic oxidation sites excluding steroid dienone is 1. The van der Waals surface area contributed by atoms with E-state index in [0.29, 0.717) is 19.8 Å². The first-order valence-corrected chi connectivity index (χ1v) is 11.2. The second kappa shape index (κ2) is 8.12. The van der Waals surface area contributed by atoms with Gasteiger partial charge in [0.05, 0.1) is 5.70 Å². The summed E-state index contributed by atoms with van der Waals surface area (Å²) in [4.78, 5) is 29.3. The third-order valence-corrected chi connectivity index (χ3v) is 6.86. The van der Waals surface area contributed by atoms with E-state index < -0.39 is 11.6 Å². The maximum absolute atomic E-state index is 13.8. The number of nitrogens with one attached hydrogen (secondary N) is 2. The van der Waals surface area contributed by atoms with E-state index in [-0.39, 0.29) is 11.9 Å². The van der Waals surface area contributed by atoms with Gasteiger partial charge in [-0.25, -0.2) is 4.79 Å². The Kier molecular flexibility index (Phi) is 5.25. The van der Waals surface area contributed by atoms with Crippen molar-refractivity contribution in [1.29, 1.82) is 0 Å². The van der Waals surface area contributed by atoms with Crippen molar-refractivity contribution in [3.63, 3.8) is 0 Å². The summed E-state index contributed by atoms with van der Waals surface area (Å²) in [7, 11) is 1.99. The van der Waals surface area contributed by atoms with E-state index in [4.69, 9.17) is 4.74 Å². The van der Waals surface area contributed by atoms with Crippen molar-refractivity contribution >= 4 is 23.4 Å². The molecule has 0 spiro atoms. The number of hydrogen-bond acceptors (Lipinski definition) is 5. The standard InChI is InChI=1S/C25H28N4O4/c1-16-22(28(2)15-33-16)17-10-11-21-20(13-17)25(23(30)27-21,18-7-4-3-5-8-18)29-12-6-9-19(14-29)26-24(31)32/h3-5,7-8,10-11,13,19,26H,6,9,12,14-15H2,1-2H3,(H,27,30)(H,31,32). The van der Waals surface area contributed by atoms with Gasteiger partial charge in [0.15, 0.2) is 12.3 Å². The molecule has 1 saturated heterocycles. The minimum Gasteiger partial charge on any atom is -0.476 e. The zero-order valence-electron chi connectivity index (χ0n) is 18.8. The molecular formula is C25H28N4O4. The van der Waals surface area contributed by atoms with Gasteiger partial charge in [-0.15, -0.1) is 0 Å². The fraction of sp³-hybridized carbons (Fsp3) is 0.360. The van der Waals surface area contributed by atoms with Gasteiger partial charge in [-0.2, -0.15) is 0 Å². The number of fused-ring (bicyclic) bond motifs is 1. The molecule has 172 valence electrons. The van der Waals surface area contributed by atoms with Crippen LogP contribution in [-0.2, 0) is 15.1 Å². The lowest BCUT2D eigenvalue weighted by Gasteiger charge is -2.44. The van der Waals surface area contributed by atoms with Crippen molar-refractivity contribution in [2.45, 2.75) is 31.3 Å². The lowest BCUT2D eigenvalue weighted by atomic mass is 9.80. The molecular weight excluding hydrogens is 420 g/mol. The van der Waals surface area contributed by atoms with Crippen molar-refractivity contribution in [3.8, 4) is 0 Å². The molecule has 0 aliphatic carbocycles. The van der Waals surface area contributed by atoms with Crippen molar-refractivity contribution in [2.24, 2.45) is 0 Å². The molecule has 2 aromatic carbocycles. The van der Waals surface area contributed by atoms with E-state index in [9.17, 15) is 14.7 Å². The number of carboxylic acid groups (broad SMARTS) is 1. The van der Waals surface area contributed by atoms with Crippen LogP contribution in [-0.4, -0.2) is 59.8 Å². The van der Waals surface area contributed by atoms with E-state index >= 15 is 0 Å². The van der Waals surface area contributed by atoms with Crippen molar-refractivity contribution in [3.05, 3.63) is 71.0 Å². The van der Waals surface area contributed by atoms with Gasteiger partial charge in [-0.3, -0.25) is 9.69 Å². The number of nitrogens with zero attached hydrogens (tertiary/aromatic N) is 2. The molecule has 5 rings (SSSR count). The maximum atomic E-state index is 13.8. The third kappa shape index (κ3) is 3.41. The second-order valence-corrected chi connectivity index (χ2v) is 8.90. The SMILES string of the molecule is CC1=C(c2ccc3c(c2)C(c2ccccc2)(N2CCCC(NC(=O)O)C2)C(=O)N3)N(C)CO1. The molecule has 8 heteroatoms. The number of piperidine rings is 1. The number of amides is 2. The zero-order valence-corrected chi connectivity index (χ0v) is 18.8. The molecule has 0 aromatic heterocycles. The van der Waals surface area contributed by atoms with Crippen molar-refractivity contribution < 1.29 is 19.4 Å². The number of carbonyl (C=O) groups excluding carboxylic acids is 1. The van der Waals surface area contributed by atoms with Crippen LogP contribution >= 0.6 is 0 Å². The van der Waals surface area contributed by atoms with Gasteiger partial charge in [0.25, 0.3) is 5.91 Å². The molecule has 0 bridgehead atoms. The smallest absolute Gasteiger partial charge is 0.404 e. The molecule has 3 heterocycles. The van der Waals surface area contributed by atoms with Gasteiger partial charge in [0.1, 0.15) is 5.76 Å². The lowest BCUT2D eigenvalue weighted by molar-refractivity contribution is -0.126. The fourth-order valence-corrected chi connectivity index (χ4v) is 5.49. The Labute approximate surface area is 192 Å². The minimum atomic E-state index is -1.04. The van der Waals surface area contributed by atoms with Gasteiger partial charge in [-0.1, -0.05) is 36.4 Å². The average molecular weight is 449 g/mol. The van der Waals surface area contributed by atoms with Crippen molar-refractivity contribution in [2.75, 3.05) is 32.2 Å².